The predicted molar refractivity (Wildman–Crippen MR) is 102 cm³/mol. The number of nitrogens with one attached hydrogen (secondary N) is 1. The van der Waals surface area contributed by atoms with E-state index < -0.39 is 17.4 Å². The predicted octanol–water partition coefficient (Wildman–Crippen LogP) is 1.25. The molecule has 2 aromatic carbocycles. The highest BCUT2D eigenvalue weighted by molar-refractivity contribution is 6.31. The summed E-state index contributed by atoms with van der Waals surface area (Å²) < 4.78 is 0. The van der Waals surface area contributed by atoms with Crippen molar-refractivity contribution in [2.24, 2.45) is 11.8 Å². The highest BCUT2D eigenvalue weighted by Gasteiger charge is 2.73. The Morgan fingerprint density at radius 1 is 1.07 bits per heavy atom. The first-order valence-electron chi connectivity index (χ1n) is 9.31. The fourth-order valence-corrected chi connectivity index (χ4v) is 5.30. The zero-order valence-electron chi connectivity index (χ0n) is 15.2. The van der Waals surface area contributed by atoms with E-state index in [-0.39, 0.29) is 30.3 Å². The van der Waals surface area contributed by atoms with E-state index >= 15 is 0 Å². The van der Waals surface area contributed by atoms with Gasteiger partial charge in [0.15, 0.2) is 0 Å². The summed E-state index contributed by atoms with van der Waals surface area (Å²) in [5.41, 5.74) is 1.11. The van der Waals surface area contributed by atoms with Crippen LogP contribution in [0.25, 0.3) is 0 Å². The van der Waals surface area contributed by atoms with Crippen LogP contribution in [0.15, 0.2) is 48.5 Å². The number of amides is 3. The number of quaternary nitrogens is 1. The summed E-state index contributed by atoms with van der Waals surface area (Å²) in [5, 5.41) is 5.31. The number of halogens is 1. The van der Waals surface area contributed by atoms with Crippen molar-refractivity contribution in [2.45, 2.75) is 25.0 Å². The number of para-hydroxylation sites is 1. The molecule has 2 saturated heterocycles. The van der Waals surface area contributed by atoms with Crippen LogP contribution in [-0.2, 0) is 26.5 Å². The second kappa shape index (κ2) is 5.90. The zero-order chi connectivity index (χ0) is 19.6. The van der Waals surface area contributed by atoms with E-state index in [1.807, 2.05) is 42.6 Å². The quantitative estimate of drug-likeness (QED) is 0.749. The number of anilines is 1. The normalized spacial score (nSPS) is 30.7. The lowest BCUT2D eigenvalue weighted by Gasteiger charge is -2.26. The topological polar surface area (TPSA) is 83.1 Å². The monoisotopic (exact) mass is 396 g/mol. The maximum absolute atomic E-state index is 13.4. The van der Waals surface area contributed by atoms with Crippen molar-refractivity contribution >= 4 is 35.0 Å². The number of carbonyl (C=O) groups is 3. The highest BCUT2D eigenvalue weighted by Crippen LogP contribution is 2.49. The smallest absolute Gasteiger partial charge is 0.291 e. The molecule has 4 atom stereocenters. The van der Waals surface area contributed by atoms with Crippen LogP contribution in [0.4, 0.5) is 5.69 Å². The molecule has 6 nitrogen and oxygen atoms in total. The van der Waals surface area contributed by atoms with Gasteiger partial charge in [0.1, 0.15) is 11.8 Å². The van der Waals surface area contributed by atoms with Crippen LogP contribution in [-0.4, -0.2) is 28.7 Å². The van der Waals surface area contributed by atoms with Gasteiger partial charge in [-0.2, -0.15) is 0 Å². The fourth-order valence-electron chi connectivity index (χ4n) is 5.11. The molecule has 0 saturated carbocycles. The Morgan fingerprint density at radius 2 is 1.79 bits per heavy atom. The van der Waals surface area contributed by atoms with Crippen LogP contribution in [0.3, 0.4) is 0 Å². The molecule has 0 bridgehead atoms. The van der Waals surface area contributed by atoms with Crippen LogP contribution in [0.1, 0.15) is 18.1 Å². The van der Waals surface area contributed by atoms with Crippen molar-refractivity contribution in [3.05, 3.63) is 64.7 Å². The lowest BCUT2D eigenvalue weighted by Crippen LogP contribution is -2.98. The van der Waals surface area contributed by atoms with E-state index in [2.05, 4.69) is 5.32 Å². The molecule has 3 aliphatic heterocycles. The Balaban J connectivity index is 1.58. The summed E-state index contributed by atoms with van der Waals surface area (Å²) in [6.45, 7) is 2.03. The summed E-state index contributed by atoms with van der Waals surface area (Å²) in [4.78, 5) is 41.0. The first-order valence-corrected chi connectivity index (χ1v) is 9.68. The minimum atomic E-state index is -1.09. The molecule has 3 heterocycles. The van der Waals surface area contributed by atoms with Gasteiger partial charge in [-0.25, -0.2) is 0 Å². The number of rotatable bonds is 2. The van der Waals surface area contributed by atoms with Gasteiger partial charge in [-0.15, -0.1) is 0 Å². The third-order valence-electron chi connectivity index (χ3n) is 6.31. The van der Waals surface area contributed by atoms with Crippen LogP contribution < -0.4 is 10.6 Å². The Morgan fingerprint density at radius 3 is 2.57 bits per heavy atom. The average molecular weight is 397 g/mol. The van der Waals surface area contributed by atoms with Crippen LogP contribution >= 0.6 is 11.6 Å². The molecular formula is C21H19ClN3O3+. The second-order valence-electron chi connectivity index (χ2n) is 7.75. The average Bonchev–Trinajstić information content (AvgIpc) is 3.23. The Hall–Kier alpha value is -2.70. The minimum Gasteiger partial charge on any atom is -0.326 e. The van der Waals surface area contributed by atoms with E-state index in [1.165, 1.54) is 4.90 Å². The van der Waals surface area contributed by atoms with Gasteiger partial charge in [0.25, 0.3) is 5.91 Å². The third-order valence-corrected chi connectivity index (χ3v) is 6.68. The largest absolute Gasteiger partial charge is 0.326 e. The molecular weight excluding hydrogens is 378 g/mol. The fraction of sp³-hybridized carbons (Fsp3) is 0.286. The van der Waals surface area contributed by atoms with Gasteiger partial charge < -0.3 is 10.6 Å². The number of nitrogens with two attached hydrogens (primary N) is 1. The number of likely N-dealkylation sites (tertiary alicyclic amines) is 1. The van der Waals surface area contributed by atoms with Crippen LogP contribution in [0.2, 0.25) is 5.02 Å². The van der Waals surface area contributed by atoms with Crippen molar-refractivity contribution in [3.63, 3.8) is 0 Å². The number of hydrogen-bond acceptors (Lipinski definition) is 3. The number of nitrogens with zero attached hydrogens (tertiary/aromatic N) is 1. The lowest BCUT2D eigenvalue weighted by molar-refractivity contribution is -0.730. The molecule has 5 rings (SSSR count). The molecule has 0 aromatic heterocycles. The summed E-state index contributed by atoms with van der Waals surface area (Å²) >= 11 is 6.24. The Kier molecular flexibility index (Phi) is 3.66. The summed E-state index contributed by atoms with van der Waals surface area (Å²) in [7, 11) is 0. The van der Waals surface area contributed by atoms with E-state index in [0.717, 1.165) is 5.56 Å². The number of fused-ring (bicyclic) bond motifs is 4. The first-order chi connectivity index (χ1) is 13.4. The van der Waals surface area contributed by atoms with Crippen molar-refractivity contribution in [2.75, 3.05) is 5.32 Å². The third kappa shape index (κ3) is 2.10. The number of hydrogen-bond donors (Lipinski definition) is 2. The number of imide groups is 1. The van der Waals surface area contributed by atoms with E-state index in [4.69, 9.17) is 11.6 Å². The molecule has 2 aromatic rings. The molecule has 2 fully saturated rings. The zero-order valence-corrected chi connectivity index (χ0v) is 15.9. The minimum absolute atomic E-state index is 0.121. The molecule has 3 N–H and O–H groups in total. The van der Waals surface area contributed by atoms with Crippen LogP contribution in [0, 0.1) is 11.8 Å². The van der Waals surface area contributed by atoms with Crippen LogP contribution in [0.5, 0.6) is 0 Å². The maximum Gasteiger partial charge on any atom is 0.291 e. The SMILES string of the molecule is C[C@@H]1[NH2+][C@@]2(C(=O)Nc3ccccc32)[C@@H]2C(=O)N(Cc3ccccc3Cl)C(=O)[C@H]12. The molecule has 0 unspecified atom stereocenters. The molecule has 28 heavy (non-hydrogen) atoms. The maximum atomic E-state index is 13.4. The van der Waals surface area contributed by atoms with E-state index in [1.54, 1.807) is 18.2 Å². The summed E-state index contributed by atoms with van der Waals surface area (Å²) in [5.74, 6) is -2.02. The Bertz CT molecular complexity index is 1040. The standard InChI is InChI=1S/C21H18ClN3O3/c1-11-16-17(21(24-11)13-7-3-5-9-15(13)23-20(21)28)19(27)25(18(16)26)10-12-6-2-4-8-14(12)22/h2-9,11,16-17,24H,10H2,1H3,(H,23,28)/p+1/t11-,16+,17-,21+/m0/s1. The number of benzene rings is 2. The van der Waals surface area contributed by atoms with Crippen molar-refractivity contribution in [1.29, 1.82) is 0 Å². The van der Waals surface area contributed by atoms with Gasteiger partial charge in [0.05, 0.1) is 18.3 Å². The lowest BCUT2D eigenvalue weighted by atomic mass is 9.76. The van der Waals surface area contributed by atoms with Gasteiger partial charge in [-0.05, 0) is 24.6 Å². The number of carbonyl (C=O) groups excluding carboxylic acids is 3. The van der Waals surface area contributed by atoms with Gasteiger partial charge in [0, 0.05) is 10.6 Å². The summed E-state index contributed by atoms with van der Waals surface area (Å²) in [6.07, 6.45) is 0. The van der Waals surface area contributed by atoms with Crippen molar-refractivity contribution < 1.29 is 19.7 Å². The summed E-state index contributed by atoms with van der Waals surface area (Å²) in [6, 6.07) is 14.4. The Labute approximate surface area is 166 Å². The molecule has 7 heteroatoms. The second-order valence-corrected chi connectivity index (χ2v) is 8.16. The van der Waals surface area contributed by atoms with Crippen molar-refractivity contribution in [1.82, 2.24) is 4.90 Å². The molecule has 1 spiro atoms. The molecule has 3 aliphatic rings. The highest BCUT2D eigenvalue weighted by atomic mass is 35.5. The van der Waals surface area contributed by atoms with Gasteiger partial charge in [-0.3, -0.25) is 19.3 Å². The molecule has 142 valence electrons. The van der Waals surface area contributed by atoms with E-state index in [0.29, 0.717) is 16.3 Å². The molecule has 3 amide bonds. The van der Waals surface area contributed by atoms with E-state index in [9.17, 15) is 14.4 Å². The van der Waals surface area contributed by atoms with Crippen molar-refractivity contribution in [3.8, 4) is 0 Å². The molecule has 0 radical (unpaired) electrons. The van der Waals surface area contributed by atoms with Gasteiger partial charge in [-0.1, -0.05) is 48.0 Å². The first kappa shape index (κ1) is 17.4. The molecule has 0 aliphatic carbocycles. The van der Waals surface area contributed by atoms with Gasteiger partial charge in [0.2, 0.25) is 17.4 Å². The van der Waals surface area contributed by atoms with Gasteiger partial charge >= 0.3 is 0 Å².